The Balaban J connectivity index is 1.88. The average Bonchev–Trinajstić information content (AvgIpc) is 3.14. The Morgan fingerprint density at radius 1 is 1.19 bits per heavy atom. The smallest absolute Gasteiger partial charge is 0.244 e. The van der Waals surface area contributed by atoms with Crippen LogP contribution in [0.3, 0.4) is 0 Å². The molecule has 1 unspecified atom stereocenters. The normalized spacial score (nSPS) is 17.8. The van der Waals surface area contributed by atoms with Crippen LogP contribution < -0.4 is 10.1 Å². The van der Waals surface area contributed by atoms with Crippen LogP contribution in [0.2, 0.25) is 0 Å². The number of amides is 1. The topological polar surface area (TPSA) is 75.7 Å². The summed E-state index contributed by atoms with van der Waals surface area (Å²) in [6.45, 7) is 2.06. The number of anilines is 1. The molecule has 1 saturated heterocycles. The highest BCUT2D eigenvalue weighted by atomic mass is 32.2. The quantitative estimate of drug-likeness (QED) is 0.873. The summed E-state index contributed by atoms with van der Waals surface area (Å²) in [5.74, 6) is 0.163. The zero-order valence-corrected chi connectivity index (χ0v) is 15.6. The molecule has 1 fully saturated rings. The fourth-order valence-corrected chi connectivity index (χ4v) is 5.05. The number of rotatable bonds is 5. The Bertz CT molecular complexity index is 897. The van der Waals surface area contributed by atoms with Crippen LogP contribution in [-0.2, 0) is 14.8 Å². The molecule has 2 aromatic rings. The molecule has 1 atom stereocenters. The summed E-state index contributed by atoms with van der Waals surface area (Å²) in [5.41, 5.74) is 1.28. The number of para-hydroxylation sites is 1. The zero-order valence-electron chi connectivity index (χ0n) is 14.8. The van der Waals surface area contributed by atoms with E-state index in [-0.39, 0.29) is 10.8 Å². The van der Waals surface area contributed by atoms with E-state index in [1.54, 1.807) is 31.2 Å². The third-order valence-electron chi connectivity index (χ3n) is 4.53. The Hall–Kier alpha value is -2.38. The van der Waals surface area contributed by atoms with Crippen molar-refractivity contribution in [3.05, 3.63) is 54.1 Å². The standard InChI is InChI=1S/C19H22N2O4S/c1-14-10-11-16(25-2)13-18(14)26(23,24)21-12-6-9-17(21)19(22)20-15-7-4-3-5-8-15/h3-5,7-8,10-11,13,17H,6,9,12H2,1-2H3,(H,20,22). The highest BCUT2D eigenvalue weighted by Gasteiger charge is 2.40. The fraction of sp³-hybridized carbons (Fsp3) is 0.316. The van der Waals surface area contributed by atoms with Gasteiger partial charge in [-0.3, -0.25) is 4.79 Å². The van der Waals surface area contributed by atoms with Gasteiger partial charge in [0.2, 0.25) is 15.9 Å². The van der Waals surface area contributed by atoms with Crippen molar-refractivity contribution in [1.82, 2.24) is 4.31 Å². The maximum atomic E-state index is 13.2. The van der Waals surface area contributed by atoms with Gasteiger partial charge in [-0.2, -0.15) is 4.31 Å². The lowest BCUT2D eigenvalue weighted by Gasteiger charge is -2.24. The second kappa shape index (κ2) is 7.47. The molecular weight excluding hydrogens is 352 g/mol. The Morgan fingerprint density at radius 3 is 2.62 bits per heavy atom. The molecule has 0 radical (unpaired) electrons. The molecule has 6 nitrogen and oxygen atoms in total. The van der Waals surface area contributed by atoms with Gasteiger partial charge < -0.3 is 10.1 Å². The van der Waals surface area contributed by atoms with Gasteiger partial charge in [-0.15, -0.1) is 0 Å². The van der Waals surface area contributed by atoms with E-state index in [0.29, 0.717) is 36.4 Å². The minimum Gasteiger partial charge on any atom is -0.497 e. The molecule has 0 spiro atoms. The van der Waals surface area contributed by atoms with Gasteiger partial charge in [-0.1, -0.05) is 24.3 Å². The summed E-state index contributed by atoms with van der Waals surface area (Å²) in [4.78, 5) is 12.8. The second-order valence-corrected chi connectivity index (χ2v) is 8.12. The largest absolute Gasteiger partial charge is 0.497 e. The Morgan fingerprint density at radius 2 is 1.92 bits per heavy atom. The number of methoxy groups -OCH3 is 1. The first-order chi connectivity index (χ1) is 12.4. The van der Waals surface area contributed by atoms with Crippen molar-refractivity contribution >= 4 is 21.6 Å². The van der Waals surface area contributed by atoms with Crippen LogP contribution in [0.4, 0.5) is 5.69 Å². The van der Waals surface area contributed by atoms with Crippen molar-refractivity contribution in [2.24, 2.45) is 0 Å². The van der Waals surface area contributed by atoms with Gasteiger partial charge in [0, 0.05) is 18.3 Å². The van der Waals surface area contributed by atoms with Crippen LogP contribution >= 0.6 is 0 Å². The number of hydrogen-bond acceptors (Lipinski definition) is 4. The highest BCUT2D eigenvalue weighted by molar-refractivity contribution is 7.89. The molecule has 2 aromatic carbocycles. The van der Waals surface area contributed by atoms with Gasteiger partial charge in [0.1, 0.15) is 11.8 Å². The van der Waals surface area contributed by atoms with Crippen molar-refractivity contribution in [3.8, 4) is 5.75 Å². The van der Waals surface area contributed by atoms with E-state index < -0.39 is 16.1 Å². The summed E-state index contributed by atoms with van der Waals surface area (Å²) < 4.78 is 32.8. The summed E-state index contributed by atoms with van der Waals surface area (Å²) in [5, 5.41) is 2.80. The third kappa shape index (κ3) is 3.59. The van der Waals surface area contributed by atoms with E-state index in [1.807, 2.05) is 18.2 Å². The van der Waals surface area contributed by atoms with E-state index in [0.717, 1.165) is 0 Å². The van der Waals surface area contributed by atoms with Crippen molar-refractivity contribution in [2.45, 2.75) is 30.7 Å². The van der Waals surface area contributed by atoms with Crippen LogP contribution in [0, 0.1) is 6.92 Å². The molecule has 7 heteroatoms. The molecule has 1 aliphatic heterocycles. The minimum absolute atomic E-state index is 0.177. The first-order valence-corrected chi connectivity index (χ1v) is 9.90. The number of hydrogen-bond donors (Lipinski definition) is 1. The monoisotopic (exact) mass is 374 g/mol. The van der Waals surface area contributed by atoms with Gasteiger partial charge >= 0.3 is 0 Å². The van der Waals surface area contributed by atoms with Gasteiger partial charge in [-0.05, 0) is 43.5 Å². The van der Waals surface area contributed by atoms with E-state index in [2.05, 4.69) is 5.32 Å². The van der Waals surface area contributed by atoms with E-state index >= 15 is 0 Å². The number of carbonyl (C=O) groups excluding carboxylic acids is 1. The molecule has 0 saturated carbocycles. The predicted molar refractivity (Wildman–Crippen MR) is 99.7 cm³/mol. The van der Waals surface area contributed by atoms with Crippen LogP contribution in [-0.4, -0.2) is 38.3 Å². The summed E-state index contributed by atoms with van der Waals surface area (Å²) in [6, 6.07) is 13.3. The SMILES string of the molecule is COc1ccc(C)c(S(=O)(=O)N2CCCC2C(=O)Nc2ccccc2)c1. The van der Waals surface area contributed by atoms with Crippen molar-refractivity contribution in [3.63, 3.8) is 0 Å². The molecule has 0 aliphatic carbocycles. The predicted octanol–water partition coefficient (Wildman–Crippen LogP) is 2.80. The van der Waals surface area contributed by atoms with Crippen LogP contribution in [0.1, 0.15) is 18.4 Å². The van der Waals surface area contributed by atoms with Crippen molar-refractivity contribution in [2.75, 3.05) is 19.0 Å². The molecule has 138 valence electrons. The van der Waals surface area contributed by atoms with E-state index in [1.165, 1.54) is 17.5 Å². The number of sulfonamides is 1. The van der Waals surface area contributed by atoms with Crippen LogP contribution in [0.15, 0.2) is 53.4 Å². The number of benzene rings is 2. The molecule has 3 rings (SSSR count). The minimum atomic E-state index is -3.80. The number of nitrogens with one attached hydrogen (secondary N) is 1. The number of aryl methyl sites for hydroxylation is 1. The summed E-state index contributed by atoms with van der Waals surface area (Å²) in [7, 11) is -2.30. The van der Waals surface area contributed by atoms with Crippen molar-refractivity contribution in [1.29, 1.82) is 0 Å². The lowest BCUT2D eigenvalue weighted by Crippen LogP contribution is -2.43. The molecular formula is C19H22N2O4S. The number of nitrogens with zero attached hydrogens (tertiary/aromatic N) is 1. The molecule has 1 aliphatic rings. The zero-order chi connectivity index (χ0) is 18.7. The van der Waals surface area contributed by atoms with Crippen LogP contribution in [0.5, 0.6) is 5.75 Å². The lowest BCUT2D eigenvalue weighted by molar-refractivity contribution is -0.119. The maximum Gasteiger partial charge on any atom is 0.244 e. The van der Waals surface area contributed by atoms with Gasteiger partial charge in [0.25, 0.3) is 0 Å². The molecule has 0 bridgehead atoms. The first kappa shape index (κ1) is 18.4. The maximum absolute atomic E-state index is 13.2. The molecule has 1 heterocycles. The molecule has 1 amide bonds. The summed E-state index contributed by atoms with van der Waals surface area (Å²) >= 11 is 0. The fourth-order valence-electron chi connectivity index (χ4n) is 3.15. The first-order valence-electron chi connectivity index (χ1n) is 8.46. The molecule has 1 N–H and O–H groups in total. The average molecular weight is 374 g/mol. The number of carbonyl (C=O) groups is 1. The number of ether oxygens (including phenoxy) is 1. The van der Waals surface area contributed by atoms with Gasteiger partial charge in [0.05, 0.1) is 12.0 Å². The van der Waals surface area contributed by atoms with E-state index in [9.17, 15) is 13.2 Å². The van der Waals surface area contributed by atoms with Crippen molar-refractivity contribution < 1.29 is 17.9 Å². The molecule has 0 aromatic heterocycles. The van der Waals surface area contributed by atoms with Gasteiger partial charge in [0.15, 0.2) is 0 Å². The lowest BCUT2D eigenvalue weighted by atomic mass is 10.2. The second-order valence-electron chi connectivity index (χ2n) is 6.26. The highest BCUT2D eigenvalue weighted by Crippen LogP contribution is 2.30. The van der Waals surface area contributed by atoms with Gasteiger partial charge in [-0.25, -0.2) is 8.42 Å². The van der Waals surface area contributed by atoms with Crippen LogP contribution in [0.25, 0.3) is 0 Å². The Labute approximate surface area is 153 Å². The third-order valence-corrected chi connectivity index (χ3v) is 6.58. The Kier molecular flexibility index (Phi) is 5.29. The summed E-state index contributed by atoms with van der Waals surface area (Å²) in [6.07, 6.45) is 1.15. The molecule has 26 heavy (non-hydrogen) atoms. The van der Waals surface area contributed by atoms with E-state index in [4.69, 9.17) is 4.74 Å².